The fourth-order valence-electron chi connectivity index (χ4n) is 1.70. The molecule has 0 aromatic carbocycles. The summed E-state index contributed by atoms with van der Waals surface area (Å²) >= 11 is 3.42. The second-order valence-corrected chi connectivity index (χ2v) is 4.63. The van der Waals surface area contributed by atoms with Gasteiger partial charge < -0.3 is 9.72 Å². The van der Waals surface area contributed by atoms with E-state index in [1.54, 1.807) is 13.1 Å². The summed E-state index contributed by atoms with van der Waals surface area (Å²) in [5.41, 5.74) is 2.79. The second kappa shape index (κ2) is 5.35. The summed E-state index contributed by atoms with van der Waals surface area (Å²) in [5.74, 6) is -0.374. The number of carbonyl (C=O) groups excluding carboxylic acids is 1. The number of ether oxygens (including phenoxy) is 1. The van der Waals surface area contributed by atoms with Crippen LogP contribution < -0.4 is 0 Å². The monoisotopic (exact) mass is 308 g/mol. The smallest absolute Gasteiger partial charge is 0.355 e. The number of esters is 1. The SMILES string of the molecule is CCOC(=O)c1[nH]cc(Br)c1-c1cccc(C)n1. The third-order valence-corrected chi connectivity index (χ3v) is 3.08. The van der Waals surface area contributed by atoms with Crippen molar-refractivity contribution in [1.29, 1.82) is 0 Å². The summed E-state index contributed by atoms with van der Waals surface area (Å²) in [4.78, 5) is 19.2. The van der Waals surface area contributed by atoms with E-state index >= 15 is 0 Å². The molecule has 2 rings (SSSR count). The highest BCUT2D eigenvalue weighted by molar-refractivity contribution is 9.10. The van der Waals surface area contributed by atoms with Crippen molar-refractivity contribution in [3.8, 4) is 11.3 Å². The number of halogens is 1. The minimum atomic E-state index is -0.374. The van der Waals surface area contributed by atoms with Crippen LogP contribution in [0.4, 0.5) is 0 Å². The topological polar surface area (TPSA) is 55.0 Å². The molecule has 0 saturated carbocycles. The third-order valence-electron chi connectivity index (χ3n) is 2.46. The minimum absolute atomic E-state index is 0.343. The predicted molar refractivity (Wildman–Crippen MR) is 72.4 cm³/mol. The third kappa shape index (κ3) is 2.46. The molecule has 0 aliphatic rings. The van der Waals surface area contributed by atoms with E-state index in [9.17, 15) is 4.79 Å². The number of H-pyrrole nitrogens is 1. The number of aromatic amines is 1. The van der Waals surface area contributed by atoms with Crippen LogP contribution in [0.5, 0.6) is 0 Å². The molecule has 0 bridgehead atoms. The first-order chi connectivity index (χ1) is 8.63. The van der Waals surface area contributed by atoms with Crippen molar-refractivity contribution in [2.45, 2.75) is 13.8 Å². The van der Waals surface area contributed by atoms with Crippen LogP contribution in [-0.2, 0) is 4.74 Å². The molecule has 2 heterocycles. The van der Waals surface area contributed by atoms with Crippen LogP contribution >= 0.6 is 15.9 Å². The van der Waals surface area contributed by atoms with Crippen LogP contribution in [-0.4, -0.2) is 22.5 Å². The van der Waals surface area contributed by atoms with Gasteiger partial charge in [0.05, 0.1) is 12.3 Å². The molecule has 0 radical (unpaired) electrons. The molecule has 0 amide bonds. The molecule has 18 heavy (non-hydrogen) atoms. The summed E-state index contributed by atoms with van der Waals surface area (Å²) in [6, 6.07) is 5.68. The maximum absolute atomic E-state index is 11.8. The molecule has 4 nitrogen and oxygen atoms in total. The quantitative estimate of drug-likeness (QED) is 0.885. The number of aromatic nitrogens is 2. The van der Waals surface area contributed by atoms with Crippen molar-refractivity contribution in [2.24, 2.45) is 0 Å². The van der Waals surface area contributed by atoms with Gasteiger partial charge in [0, 0.05) is 21.9 Å². The van der Waals surface area contributed by atoms with E-state index in [0.717, 1.165) is 21.4 Å². The number of aryl methyl sites for hydroxylation is 1. The van der Waals surface area contributed by atoms with Gasteiger partial charge in [-0.25, -0.2) is 4.79 Å². The maximum atomic E-state index is 11.8. The van der Waals surface area contributed by atoms with E-state index in [1.165, 1.54) is 0 Å². The van der Waals surface area contributed by atoms with Crippen molar-refractivity contribution in [3.05, 3.63) is 40.3 Å². The van der Waals surface area contributed by atoms with Crippen molar-refractivity contribution < 1.29 is 9.53 Å². The molecule has 0 aliphatic heterocycles. The highest BCUT2D eigenvalue weighted by atomic mass is 79.9. The Morgan fingerprint density at radius 1 is 1.50 bits per heavy atom. The molecule has 0 fully saturated rings. The lowest BCUT2D eigenvalue weighted by Crippen LogP contribution is -2.06. The van der Waals surface area contributed by atoms with E-state index in [2.05, 4.69) is 25.9 Å². The summed E-state index contributed by atoms with van der Waals surface area (Å²) < 4.78 is 5.81. The van der Waals surface area contributed by atoms with Gasteiger partial charge in [-0.1, -0.05) is 6.07 Å². The zero-order chi connectivity index (χ0) is 13.1. The van der Waals surface area contributed by atoms with Crippen molar-refractivity contribution in [2.75, 3.05) is 6.61 Å². The number of hydrogen-bond donors (Lipinski definition) is 1. The Morgan fingerprint density at radius 2 is 2.28 bits per heavy atom. The molecule has 0 unspecified atom stereocenters. The maximum Gasteiger partial charge on any atom is 0.355 e. The lowest BCUT2D eigenvalue weighted by molar-refractivity contribution is 0.0521. The molecule has 0 saturated heterocycles. The summed E-state index contributed by atoms with van der Waals surface area (Å²) in [7, 11) is 0. The normalized spacial score (nSPS) is 10.4. The number of pyridine rings is 1. The average Bonchev–Trinajstić information content (AvgIpc) is 2.71. The van der Waals surface area contributed by atoms with Gasteiger partial charge in [0.1, 0.15) is 5.69 Å². The van der Waals surface area contributed by atoms with Gasteiger partial charge in [0.25, 0.3) is 0 Å². The van der Waals surface area contributed by atoms with Crippen LogP contribution in [0.2, 0.25) is 0 Å². The predicted octanol–water partition coefficient (Wildman–Crippen LogP) is 3.32. The number of rotatable bonds is 3. The van der Waals surface area contributed by atoms with Gasteiger partial charge in [-0.2, -0.15) is 0 Å². The largest absolute Gasteiger partial charge is 0.461 e. The molecular weight excluding hydrogens is 296 g/mol. The number of hydrogen-bond acceptors (Lipinski definition) is 3. The van der Waals surface area contributed by atoms with E-state index in [1.807, 2.05) is 25.1 Å². The molecular formula is C13H13BrN2O2. The average molecular weight is 309 g/mol. The zero-order valence-electron chi connectivity index (χ0n) is 10.2. The first-order valence-corrected chi connectivity index (χ1v) is 6.40. The fraction of sp³-hybridized carbons (Fsp3) is 0.231. The van der Waals surface area contributed by atoms with Gasteiger partial charge in [-0.15, -0.1) is 0 Å². The van der Waals surface area contributed by atoms with Crippen molar-refractivity contribution in [1.82, 2.24) is 9.97 Å². The molecule has 0 spiro atoms. The van der Waals surface area contributed by atoms with E-state index in [0.29, 0.717) is 12.3 Å². The highest BCUT2D eigenvalue weighted by Crippen LogP contribution is 2.30. The van der Waals surface area contributed by atoms with Gasteiger partial charge >= 0.3 is 5.97 Å². The van der Waals surface area contributed by atoms with E-state index in [-0.39, 0.29) is 5.97 Å². The molecule has 2 aromatic rings. The fourth-order valence-corrected chi connectivity index (χ4v) is 2.21. The van der Waals surface area contributed by atoms with Crippen LogP contribution in [0, 0.1) is 6.92 Å². The Kier molecular flexibility index (Phi) is 3.81. The highest BCUT2D eigenvalue weighted by Gasteiger charge is 2.19. The Balaban J connectivity index is 2.50. The molecule has 1 N–H and O–H groups in total. The van der Waals surface area contributed by atoms with Crippen LogP contribution in [0.1, 0.15) is 23.1 Å². The molecule has 94 valence electrons. The first kappa shape index (κ1) is 12.8. The van der Waals surface area contributed by atoms with Gasteiger partial charge in [-0.3, -0.25) is 4.98 Å². The lowest BCUT2D eigenvalue weighted by atomic mass is 10.1. The number of nitrogens with one attached hydrogen (secondary N) is 1. The number of carbonyl (C=O) groups is 1. The summed E-state index contributed by atoms with van der Waals surface area (Å²) in [6.07, 6.45) is 1.71. The second-order valence-electron chi connectivity index (χ2n) is 3.77. The zero-order valence-corrected chi connectivity index (χ0v) is 11.7. The Labute approximate surface area is 114 Å². The van der Waals surface area contributed by atoms with Crippen molar-refractivity contribution in [3.63, 3.8) is 0 Å². The number of nitrogens with zero attached hydrogens (tertiary/aromatic N) is 1. The molecule has 2 aromatic heterocycles. The van der Waals surface area contributed by atoms with Crippen molar-refractivity contribution >= 4 is 21.9 Å². The lowest BCUT2D eigenvalue weighted by Gasteiger charge is -2.05. The summed E-state index contributed by atoms with van der Waals surface area (Å²) in [5, 5.41) is 0. The van der Waals surface area contributed by atoms with E-state index < -0.39 is 0 Å². The van der Waals surface area contributed by atoms with Gasteiger partial charge in [0.2, 0.25) is 0 Å². The molecule has 0 atom stereocenters. The van der Waals surface area contributed by atoms with E-state index in [4.69, 9.17) is 4.74 Å². The summed E-state index contributed by atoms with van der Waals surface area (Å²) in [6.45, 7) is 4.03. The standard InChI is InChI=1S/C13H13BrN2O2/c1-3-18-13(17)12-11(9(14)7-15-12)10-6-4-5-8(2)16-10/h4-7,15H,3H2,1-2H3. The van der Waals surface area contributed by atoms with Crippen LogP contribution in [0.25, 0.3) is 11.3 Å². The molecule has 5 heteroatoms. The first-order valence-electron chi connectivity index (χ1n) is 5.61. The van der Waals surface area contributed by atoms with Gasteiger partial charge in [0.15, 0.2) is 0 Å². The minimum Gasteiger partial charge on any atom is -0.461 e. The Morgan fingerprint density at radius 3 is 2.94 bits per heavy atom. The molecule has 0 aliphatic carbocycles. The van der Waals surface area contributed by atoms with Gasteiger partial charge in [-0.05, 0) is 41.9 Å². The van der Waals surface area contributed by atoms with Crippen LogP contribution in [0.15, 0.2) is 28.9 Å². The van der Waals surface area contributed by atoms with Crippen LogP contribution in [0.3, 0.4) is 0 Å². The Hall–Kier alpha value is -1.62. The Bertz CT molecular complexity index is 578.